The topological polar surface area (TPSA) is 47.6 Å². The Kier molecular flexibility index (Phi) is 8.15. The van der Waals surface area contributed by atoms with E-state index in [1.807, 2.05) is 13.8 Å². The molecule has 1 fully saturated rings. The molecule has 0 spiro atoms. The minimum atomic E-state index is -0.574. The SMILES string of the molecule is CCCCCCC(C)(NCC1CCCO1)C(=O)OCC. The molecule has 0 aromatic heterocycles. The van der Waals surface area contributed by atoms with Crippen LogP contribution >= 0.6 is 0 Å². The van der Waals surface area contributed by atoms with Crippen LogP contribution < -0.4 is 5.32 Å². The fourth-order valence-corrected chi connectivity index (χ4v) is 2.60. The van der Waals surface area contributed by atoms with E-state index in [4.69, 9.17) is 9.47 Å². The molecule has 1 saturated heterocycles. The molecule has 4 heteroatoms. The number of nitrogens with one attached hydrogen (secondary N) is 1. The van der Waals surface area contributed by atoms with E-state index in [9.17, 15) is 4.79 Å². The quantitative estimate of drug-likeness (QED) is 0.495. The summed E-state index contributed by atoms with van der Waals surface area (Å²) in [5, 5.41) is 3.40. The number of esters is 1. The molecule has 1 heterocycles. The standard InChI is InChI=1S/C16H31NO3/c1-4-6-7-8-11-16(3,15(18)19-5-2)17-13-14-10-9-12-20-14/h14,17H,4-13H2,1-3H3. The van der Waals surface area contributed by atoms with Crippen LogP contribution in [0, 0.1) is 0 Å². The normalized spacial score (nSPS) is 21.6. The summed E-state index contributed by atoms with van der Waals surface area (Å²) in [5.41, 5.74) is -0.574. The van der Waals surface area contributed by atoms with Gasteiger partial charge in [0.15, 0.2) is 0 Å². The third kappa shape index (κ3) is 5.80. The van der Waals surface area contributed by atoms with Crippen LogP contribution in [0.1, 0.15) is 65.7 Å². The van der Waals surface area contributed by atoms with Gasteiger partial charge in [0, 0.05) is 13.2 Å². The maximum atomic E-state index is 12.2. The van der Waals surface area contributed by atoms with Gasteiger partial charge < -0.3 is 9.47 Å². The Labute approximate surface area is 123 Å². The summed E-state index contributed by atoms with van der Waals surface area (Å²) in [4.78, 5) is 12.2. The minimum Gasteiger partial charge on any atom is -0.465 e. The fourth-order valence-electron chi connectivity index (χ4n) is 2.60. The molecule has 1 aliphatic rings. The second-order valence-electron chi connectivity index (χ2n) is 5.88. The van der Waals surface area contributed by atoms with E-state index in [-0.39, 0.29) is 12.1 Å². The maximum Gasteiger partial charge on any atom is 0.326 e. The first-order valence-electron chi connectivity index (χ1n) is 8.16. The lowest BCUT2D eigenvalue weighted by molar-refractivity contribution is -0.151. The Hall–Kier alpha value is -0.610. The molecule has 0 saturated carbocycles. The first-order chi connectivity index (χ1) is 9.62. The zero-order valence-corrected chi connectivity index (χ0v) is 13.4. The van der Waals surface area contributed by atoms with Crippen molar-refractivity contribution in [3.8, 4) is 0 Å². The molecule has 2 unspecified atom stereocenters. The number of rotatable bonds is 10. The van der Waals surface area contributed by atoms with Crippen molar-refractivity contribution < 1.29 is 14.3 Å². The van der Waals surface area contributed by atoms with Crippen LogP contribution in [0.25, 0.3) is 0 Å². The molecule has 0 aromatic carbocycles. The molecule has 0 aromatic rings. The van der Waals surface area contributed by atoms with Crippen LogP contribution in [0.4, 0.5) is 0 Å². The zero-order valence-electron chi connectivity index (χ0n) is 13.4. The molecule has 20 heavy (non-hydrogen) atoms. The number of carbonyl (C=O) groups excluding carboxylic acids is 1. The van der Waals surface area contributed by atoms with Crippen LogP contribution in [0.15, 0.2) is 0 Å². The molecule has 1 rings (SSSR count). The molecule has 0 aliphatic carbocycles. The summed E-state index contributed by atoms with van der Waals surface area (Å²) in [6.45, 7) is 8.04. The summed E-state index contributed by atoms with van der Waals surface area (Å²) < 4.78 is 10.9. The predicted octanol–water partition coefficient (Wildman–Crippen LogP) is 3.05. The van der Waals surface area contributed by atoms with Crippen molar-refractivity contribution in [3.63, 3.8) is 0 Å². The van der Waals surface area contributed by atoms with E-state index >= 15 is 0 Å². The van der Waals surface area contributed by atoms with E-state index in [1.165, 1.54) is 19.3 Å². The zero-order chi connectivity index (χ0) is 14.8. The molecule has 1 N–H and O–H groups in total. The highest BCUT2D eigenvalue weighted by atomic mass is 16.5. The molecule has 4 nitrogen and oxygen atoms in total. The average molecular weight is 285 g/mol. The summed E-state index contributed by atoms with van der Waals surface area (Å²) in [5.74, 6) is -0.130. The Morgan fingerprint density at radius 2 is 2.15 bits per heavy atom. The van der Waals surface area contributed by atoms with E-state index in [0.717, 1.165) is 38.8 Å². The molecule has 0 radical (unpaired) electrons. The number of carbonyl (C=O) groups is 1. The first kappa shape index (κ1) is 17.4. The Morgan fingerprint density at radius 3 is 2.75 bits per heavy atom. The lowest BCUT2D eigenvalue weighted by Gasteiger charge is -2.30. The highest BCUT2D eigenvalue weighted by Crippen LogP contribution is 2.19. The van der Waals surface area contributed by atoms with Crippen molar-refractivity contribution in [1.82, 2.24) is 5.32 Å². The van der Waals surface area contributed by atoms with Crippen LogP contribution in [0.5, 0.6) is 0 Å². The summed E-state index contributed by atoms with van der Waals surface area (Å²) in [6.07, 6.45) is 7.96. The number of unbranched alkanes of at least 4 members (excludes halogenated alkanes) is 3. The predicted molar refractivity (Wildman–Crippen MR) is 80.8 cm³/mol. The van der Waals surface area contributed by atoms with Gasteiger partial charge in [0.05, 0.1) is 12.7 Å². The number of hydrogen-bond acceptors (Lipinski definition) is 4. The van der Waals surface area contributed by atoms with Gasteiger partial charge in [-0.3, -0.25) is 10.1 Å². The molecule has 2 atom stereocenters. The van der Waals surface area contributed by atoms with Crippen molar-refractivity contribution in [2.45, 2.75) is 77.4 Å². The third-order valence-electron chi connectivity index (χ3n) is 4.00. The fraction of sp³-hybridized carbons (Fsp3) is 0.938. The van der Waals surface area contributed by atoms with Gasteiger partial charge >= 0.3 is 5.97 Å². The third-order valence-corrected chi connectivity index (χ3v) is 4.00. The maximum absolute atomic E-state index is 12.2. The molecule has 0 amide bonds. The molecule has 0 bridgehead atoms. The van der Waals surface area contributed by atoms with Gasteiger partial charge in [0.1, 0.15) is 5.54 Å². The number of hydrogen-bond donors (Lipinski definition) is 1. The van der Waals surface area contributed by atoms with Gasteiger partial charge in [0.2, 0.25) is 0 Å². The van der Waals surface area contributed by atoms with Crippen LogP contribution in [-0.2, 0) is 14.3 Å². The van der Waals surface area contributed by atoms with E-state index < -0.39 is 5.54 Å². The smallest absolute Gasteiger partial charge is 0.326 e. The van der Waals surface area contributed by atoms with Crippen molar-refractivity contribution in [1.29, 1.82) is 0 Å². The van der Waals surface area contributed by atoms with Crippen LogP contribution in [-0.4, -0.2) is 37.4 Å². The van der Waals surface area contributed by atoms with Crippen molar-refractivity contribution in [2.24, 2.45) is 0 Å². The highest BCUT2D eigenvalue weighted by Gasteiger charge is 2.34. The van der Waals surface area contributed by atoms with Gasteiger partial charge in [-0.2, -0.15) is 0 Å². The minimum absolute atomic E-state index is 0.130. The lowest BCUT2D eigenvalue weighted by atomic mass is 9.93. The molecule has 1 aliphatic heterocycles. The van der Waals surface area contributed by atoms with Gasteiger partial charge in [0.25, 0.3) is 0 Å². The van der Waals surface area contributed by atoms with Gasteiger partial charge in [-0.25, -0.2) is 0 Å². The lowest BCUT2D eigenvalue weighted by Crippen LogP contribution is -2.52. The Bertz CT molecular complexity index is 277. The highest BCUT2D eigenvalue weighted by molar-refractivity contribution is 5.80. The van der Waals surface area contributed by atoms with Crippen molar-refractivity contribution >= 4 is 5.97 Å². The Morgan fingerprint density at radius 1 is 1.35 bits per heavy atom. The van der Waals surface area contributed by atoms with Crippen LogP contribution in [0.3, 0.4) is 0 Å². The first-order valence-corrected chi connectivity index (χ1v) is 8.16. The van der Waals surface area contributed by atoms with E-state index in [0.29, 0.717) is 6.61 Å². The van der Waals surface area contributed by atoms with E-state index in [2.05, 4.69) is 12.2 Å². The summed E-state index contributed by atoms with van der Waals surface area (Å²) in [6, 6.07) is 0. The van der Waals surface area contributed by atoms with E-state index in [1.54, 1.807) is 0 Å². The largest absolute Gasteiger partial charge is 0.465 e. The molecule has 118 valence electrons. The molecular formula is C16H31NO3. The van der Waals surface area contributed by atoms with Gasteiger partial charge in [-0.1, -0.05) is 32.6 Å². The van der Waals surface area contributed by atoms with Crippen molar-refractivity contribution in [2.75, 3.05) is 19.8 Å². The summed E-state index contributed by atoms with van der Waals surface area (Å²) in [7, 11) is 0. The van der Waals surface area contributed by atoms with Crippen molar-refractivity contribution in [3.05, 3.63) is 0 Å². The monoisotopic (exact) mass is 285 g/mol. The average Bonchev–Trinajstić information content (AvgIpc) is 2.95. The van der Waals surface area contributed by atoms with Gasteiger partial charge in [-0.15, -0.1) is 0 Å². The Balaban J connectivity index is 2.45. The van der Waals surface area contributed by atoms with Gasteiger partial charge in [-0.05, 0) is 33.1 Å². The second kappa shape index (κ2) is 9.35. The molecular weight excluding hydrogens is 254 g/mol. The summed E-state index contributed by atoms with van der Waals surface area (Å²) >= 11 is 0. The second-order valence-corrected chi connectivity index (χ2v) is 5.88. The van der Waals surface area contributed by atoms with Crippen LogP contribution in [0.2, 0.25) is 0 Å². The number of ether oxygens (including phenoxy) is 2.